The van der Waals surface area contributed by atoms with Gasteiger partial charge in [-0.2, -0.15) is 4.73 Å². The van der Waals surface area contributed by atoms with Crippen LogP contribution in [0, 0.1) is 11.1 Å². The van der Waals surface area contributed by atoms with Gasteiger partial charge in [0.05, 0.1) is 13.2 Å². The van der Waals surface area contributed by atoms with Gasteiger partial charge in [-0.25, -0.2) is 9.59 Å². The average Bonchev–Trinajstić information content (AvgIpc) is 3.86. The molecule has 1 N–H and O–H groups in total. The van der Waals surface area contributed by atoms with E-state index in [0.717, 1.165) is 68.6 Å². The molecule has 1 saturated carbocycles. The van der Waals surface area contributed by atoms with E-state index >= 15 is 0 Å². The first-order valence-corrected chi connectivity index (χ1v) is 19.7. The molecule has 3 aliphatic heterocycles. The van der Waals surface area contributed by atoms with E-state index in [4.69, 9.17) is 42.1 Å². The van der Waals surface area contributed by atoms with Crippen LogP contribution in [-0.4, -0.2) is 55.8 Å². The maximum atomic E-state index is 13.8. The van der Waals surface area contributed by atoms with Gasteiger partial charge < -0.3 is 24.2 Å². The van der Waals surface area contributed by atoms with Crippen molar-refractivity contribution in [3.8, 4) is 11.5 Å². The summed E-state index contributed by atoms with van der Waals surface area (Å²) in [7, 11) is 1.59. The van der Waals surface area contributed by atoms with Crippen molar-refractivity contribution in [3.05, 3.63) is 115 Å². The molecule has 4 aliphatic rings. The van der Waals surface area contributed by atoms with Gasteiger partial charge in [-0.3, -0.25) is 10.2 Å². The van der Waals surface area contributed by atoms with E-state index < -0.39 is 18.1 Å². The van der Waals surface area contributed by atoms with Crippen molar-refractivity contribution in [2.75, 3.05) is 26.7 Å². The van der Waals surface area contributed by atoms with Crippen molar-refractivity contribution in [3.63, 3.8) is 0 Å². The largest absolute Gasteiger partial charge is 0.619 e. The molecule has 1 aliphatic carbocycles. The fourth-order valence-corrected chi connectivity index (χ4v) is 8.97. The number of carbonyl (C=O) groups is 2. The summed E-state index contributed by atoms with van der Waals surface area (Å²) >= 11 is 14.2. The van der Waals surface area contributed by atoms with Gasteiger partial charge in [-0.1, -0.05) is 59.6 Å². The number of nitrogens with one attached hydrogen (secondary N) is 1. The maximum absolute atomic E-state index is 13.8. The van der Waals surface area contributed by atoms with Gasteiger partial charge in [0.25, 0.3) is 0 Å². The molecule has 53 heavy (non-hydrogen) atoms. The fraction of sp³-hybridized carbons (Fsp3) is 0.425. The van der Waals surface area contributed by atoms with E-state index in [9.17, 15) is 14.8 Å². The molecule has 2 unspecified atom stereocenters. The van der Waals surface area contributed by atoms with Gasteiger partial charge in [0, 0.05) is 30.0 Å². The van der Waals surface area contributed by atoms with Gasteiger partial charge >= 0.3 is 11.9 Å². The molecule has 3 atom stereocenters. The van der Waals surface area contributed by atoms with Gasteiger partial charge in [-0.15, -0.1) is 11.3 Å². The molecule has 2 aromatic carbocycles. The molecule has 8 rings (SSSR count). The van der Waals surface area contributed by atoms with Crippen LogP contribution in [0.5, 0.6) is 11.5 Å². The van der Waals surface area contributed by atoms with E-state index in [2.05, 4.69) is 10.2 Å². The lowest BCUT2D eigenvalue weighted by atomic mass is 9.86. The normalized spacial score (nSPS) is 20.8. The standard InChI is InChI=1S/C40H43Cl2N3O7S/c1-49-33-13-11-27(19-35(33)50-28-9-5-6-10-28)34(20-30-31(41)22-45(48)23-32(30)42)51-39(46)37-14-12-29(53-37)21-43-38(26-7-3-2-4-8-26)40(47)52-36-24-44-17-15-25(36)16-18-44/h2-4,7-8,11-14,19,22-23,25,28,34,36,38,43H,5-6,9-10,15-18,20-21,24H2,1H3/t34?,36-,38?/m0/s1. The number of methoxy groups -OCH3 is 1. The lowest BCUT2D eigenvalue weighted by molar-refractivity contribution is -0.605. The molecule has 2 bridgehead atoms. The summed E-state index contributed by atoms with van der Waals surface area (Å²) in [4.78, 5) is 31.0. The molecule has 2 aromatic heterocycles. The molecule has 4 fully saturated rings. The predicted molar refractivity (Wildman–Crippen MR) is 203 cm³/mol. The summed E-state index contributed by atoms with van der Waals surface area (Å²) in [6, 6.07) is 17.9. The number of hydrogen-bond donors (Lipinski definition) is 1. The highest BCUT2D eigenvalue weighted by atomic mass is 35.5. The minimum Gasteiger partial charge on any atom is -0.619 e. The van der Waals surface area contributed by atoms with E-state index in [0.29, 0.717) is 44.7 Å². The van der Waals surface area contributed by atoms with Crippen LogP contribution in [0.1, 0.15) is 81.9 Å². The number of thiophene rings is 1. The number of rotatable bonds is 14. The maximum Gasteiger partial charge on any atom is 0.348 e. The Morgan fingerprint density at radius 2 is 1.70 bits per heavy atom. The SMILES string of the molecule is COc1ccc(C(Cc2c(Cl)c[n+]([O-])cc2Cl)OC(=O)c2ccc(CNC(C(=O)O[C@H]3CN4CCC3CC4)c3ccccc3)s2)cc1OC1CCCC1. The van der Waals surface area contributed by atoms with Gasteiger partial charge in [0.2, 0.25) is 0 Å². The third kappa shape index (κ3) is 9.09. The monoisotopic (exact) mass is 779 g/mol. The minimum absolute atomic E-state index is 0.0764. The third-order valence-corrected chi connectivity index (χ3v) is 12.1. The summed E-state index contributed by atoms with van der Waals surface area (Å²) in [5, 5.41) is 15.7. The summed E-state index contributed by atoms with van der Waals surface area (Å²) < 4.78 is 24.8. The Bertz CT molecular complexity index is 1870. The Labute approximate surface area is 323 Å². The number of halogens is 2. The van der Waals surface area contributed by atoms with E-state index in [1.165, 1.54) is 23.7 Å². The van der Waals surface area contributed by atoms with Crippen LogP contribution in [0.3, 0.4) is 0 Å². The van der Waals surface area contributed by atoms with Crippen LogP contribution in [0.4, 0.5) is 0 Å². The number of esters is 2. The summed E-state index contributed by atoms with van der Waals surface area (Å²) in [5.41, 5.74) is 1.94. The van der Waals surface area contributed by atoms with E-state index in [1.807, 2.05) is 48.5 Å². The zero-order chi connectivity index (χ0) is 36.9. The molecule has 0 amide bonds. The number of pyridine rings is 1. The summed E-state index contributed by atoms with van der Waals surface area (Å²) in [6.07, 6.45) is 7.92. The van der Waals surface area contributed by atoms with Crippen molar-refractivity contribution >= 4 is 46.5 Å². The number of fused-ring (bicyclic) bond motifs is 3. The van der Waals surface area contributed by atoms with Crippen molar-refractivity contribution in [2.24, 2.45) is 5.92 Å². The van der Waals surface area contributed by atoms with Gasteiger partial charge in [0.15, 0.2) is 23.9 Å². The quantitative estimate of drug-likeness (QED) is 0.0785. The van der Waals surface area contributed by atoms with Crippen LogP contribution in [-0.2, 0) is 27.2 Å². The molecule has 3 saturated heterocycles. The zero-order valence-corrected chi connectivity index (χ0v) is 31.8. The number of ether oxygens (including phenoxy) is 4. The summed E-state index contributed by atoms with van der Waals surface area (Å²) in [6.45, 7) is 3.24. The highest BCUT2D eigenvalue weighted by molar-refractivity contribution is 7.13. The van der Waals surface area contributed by atoms with E-state index in [-0.39, 0.29) is 34.6 Å². The molecule has 0 spiro atoms. The first kappa shape index (κ1) is 37.4. The van der Waals surface area contributed by atoms with Crippen LogP contribution >= 0.6 is 34.5 Å². The zero-order valence-electron chi connectivity index (χ0n) is 29.5. The molecule has 13 heteroatoms. The molecule has 5 heterocycles. The second kappa shape index (κ2) is 17.1. The molecule has 0 radical (unpaired) electrons. The van der Waals surface area contributed by atoms with Crippen molar-refractivity contribution in [1.29, 1.82) is 0 Å². The lowest BCUT2D eigenvalue weighted by Gasteiger charge is -2.44. The molecular weight excluding hydrogens is 737 g/mol. The first-order chi connectivity index (χ1) is 25.7. The number of benzene rings is 2. The number of hydrogen-bond acceptors (Lipinski definition) is 10. The van der Waals surface area contributed by atoms with Crippen molar-refractivity contribution in [2.45, 2.75) is 75.8 Å². The van der Waals surface area contributed by atoms with E-state index in [1.54, 1.807) is 19.2 Å². The first-order valence-electron chi connectivity index (χ1n) is 18.2. The highest BCUT2D eigenvalue weighted by Gasteiger charge is 2.38. The Morgan fingerprint density at radius 1 is 0.962 bits per heavy atom. The number of nitrogens with zero attached hydrogens (tertiary/aromatic N) is 2. The lowest BCUT2D eigenvalue weighted by Crippen LogP contribution is -2.52. The highest BCUT2D eigenvalue weighted by Crippen LogP contribution is 2.38. The van der Waals surface area contributed by atoms with Crippen LogP contribution in [0.25, 0.3) is 0 Å². The second-order valence-electron chi connectivity index (χ2n) is 13.9. The molecule has 4 aromatic rings. The van der Waals surface area contributed by atoms with Crippen LogP contribution in [0.15, 0.2) is 73.1 Å². The van der Waals surface area contributed by atoms with Crippen LogP contribution in [0.2, 0.25) is 10.0 Å². The Morgan fingerprint density at radius 3 is 2.38 bits per heavy atom. The fourth-order valence-electron chi connectivity index (χ4n) is 7.53. The second-order valence-corrected chi connectivity index (χ2v) is 15.9. The number of piperidine rings is 3. The molecule has 10 nitrogen and oxygen atoms in total. The average molecular weight is 781 g/mol. The summed E-state index contributed by atoms with van der Waals surface area (Å²) in [5.74, 6) is 0.696. The van der Waals surface area contributed by atoms with Crippen LogP contribution < -0.4 is 19.5 Å². The predicted octanol–water partition coefficient (Wildman–Crippen LogP) is 7.63. The molecular formula is C40H43Cl2N3O7S. The number of carbonyl (C=O) groups excluding carboxylic acids is 2. The van der Waals surface area contributed by atoms with Gasteiger partial charge in [-0.05, 0) is 92.9 Å². The Balaban J connectivity index is 1.08. The van der Waals surface area contributed by atoms with Crippen molar-refractivity contribution < 1.29 is 33.3 Å². The Hall–Kier alpha value is -3.87. The van der Waals surface area contributed by atoms with Gasteiger partial charge in [0.1, 0.15) is 33.2 Å². The Kier molecular flexibility index (Phi) is 12.1. The third-order valence-electron chi connectivity index (χ3n) is 10.4. The number of aromatic nitrogens is 1. The molecule has 280 valence electrons. The van der Waals surface area contributed by atoms with Crippen molar-refractivity contribution in [1.82, 2.24) is 10.2 Å². The minimum atomic E-state index is -0.830. The topological polar surface area (TPSA) is 113 Å². The smallest absolute Gasteiger partial charge is 0.348 e.